The first-order valence-electron chi connectivity index (χ1n) is 7.96. The molecule has 23 heavy (non-hydrogen) atoms. The summed E-state index contributed by atoms with van der Waals surface area (Å²) in [6, 6.07) is 14.1. The van der Waals surface area contributed by atoms with Crippen molar-refractivity contribution in [1.29, 1.82) is 0 Å². The smallest absolute Gasteiger partial charge is 0.336 e. The summed E-state index contributed by atoms with van der Waals surface area (Å²) in [7, 11) is 0. The Labute approximate surface area is 150 Å². The fraction of sp³-hybridized carbons (Fsp3) is 0.316. The maximum absolute atomic E-state index is 11.7. The fourth-order valence-corrected chi connectivity index (χ4v) is 4.39. The summed E-state index contributed by atoms with van der Waals surface area (Å²) in [6.45, 7) is 1.92. The predicted molar refractivity (Wildman–Crippen MR) is 100 cm³/mol. The lowest BCUT2D eigenvalue weighted by Gasteiger charge is -2.26. The van der Waals surface area contributed by atoms with Crippen LogP contribution in [0.1, 0.15) is 45.8 Å². The van der Waals surface area contributed by atoms with Gasteiger partial charge in [0.1, 0.15) is 0 Å². The molecule has 2 aromatic carbocycles. The molecule has 1 heterocycles. The van der Waals surface area contributed by atoms with Crippen molar-refractivity contribution in [3.63, 3.8) is 0 Å². The minimum atomic E-state index is -0.817. The van der Waals surface area contributed by atoms with Gasteiger partial charge in [0.25, 0.3) is 0 Å². The second kappa shape index (κ2) is 7.45. The highest BCUT2D eigenvalue weighted by Gasteiger charge is 2.25. The maximum atomic E-state index is 11.7. The Morgan fingerprint density at radius 1 is 1.13 bits per heavy atom. The number of benzene rings is 2. The van der Waals surface area contributed by atoms with E-state index in [9.17, 15) is 9.90 Å². The van der Waals surface area contributed by atoms with Crippen molar-refractivity contribution < 1.29 is 9.90 Å². The third-order valence-electron chi connectivity index (χ3n) is 4.47. The Hall–Kier alpha value is -1.40. The number of nitrogens with one attached hydrogen (secondary N) is 1. The maximum Gasteiger partial charge on any atom is 0.336 e. The summed E-state index contributed by atoms with van der Waals surface area (Å²) < 4.78 is 1.12. The van der Waals surface area contributed by atoms with Gasteiger partial charge in [0.2, 0.25) is 0 Å². The van der Waals surface area contributed by atoms with Crippen molar-refractivity contribution in [2.24, 2.45) is 0 Å². The molecule has 1 aliphatic heterocycles. The van der Waals surface area contributed by atoms with E-state index in [0.29, 0.717) is 11.5 Å². The number of rotatable bonds is 4. The summed E-state index contributed by atoms with van der Waals surface area (Å²) in [6.07, 6.45) is 2.85. The second-order valence-electron chi connectivity index (χ2n) is 5.99. The van der Waals surface area contributed by atoms with Gasteiger partial charge in [-0.15, -0.1) is 0 Å². The first kappa shape index (κ1) is 16.5. The van der Waals surface area contributed by atoms with Crippen LogP contribution in [0.2, 0.25) is 0 Å². The van der Waals surface area contributed by atoms with Gasteiger partial charge < -0.3 is 10.4 Å². The molecule has 1 aliphatic rings. The number of carboxylic acids is 1. The van der Waals surface area contributed by atoms with E-state index in [1.165, 1.54) is 11.1 Å². The lowest BCUT2D eigenvalue weighted by molar-refractivity contribution is 0.0694. The Morgan fingerprint density at radius 3 is 2.48 bits per heavy atom. The van der Waals surface area contributed by atoms with E-state index in [0.717, 1.165) is 41.5 Å². The molecule has 0 saturated carbocycles. The Morgan fingerprint density at radius 2 is 1.83 bits per heavy atom. The normalized spacial score (nSPS) is 15.5. The van der Waals surface area contributed by atoms with E-state index in [4.69, 9.17) is 0 Å². The minimum Gasteiger partial charge on any atom is -0.478 e. The van der Waals surface area contributed by atoms with E-state index in [1.54, 1.807) is 6.07 Å². The van der Waals surface area contributed by atoms with E-state index in [-0.39, 0.29) is 0 Å². The van der Waals surface area contributed by atoms with Crippen LogP contribution in [-0.4, -0.2) is 24.2 Å². The minimum absolute atomic E-state index is 0.338. The first-order valence-corrected chi connectivity index (χ1v) is 9.04. The van der Waals surface area contributed by atoms with Gasteiger partial charge in [0.05, 0.1) is 5.56 Å². The molecule has 2 aromatic rings. The third kappa shape index (κ3) is 3.75. The average molecular weight is 421 g/mol. The summed E-state index contributed by atoms with van der Waals surface area (Å²) >= 11 is 2.35. The van der Waals surface area contributed by atoms with Gasteiger partial charge in [-0.1, -0.05) is 36.4 Å². The monoisotopic (exact) mass is 421 g/mol. The number of halogens is 1. The van der Waals surface area contributed by atoms with Crippen LogP contribution in [0, 0.1) is 3.57 Å². The topological polar surface area (TPSA) is 49.3 Å². The largest absolute Gasteiger partial charge is 0.478 e. The summed E-state index contributed by atoms with van der Waals surface area (Å²) in [5.74, 6) is -0.479. The number of aromatic carboxylic acids is 1. The molecule has 2 N–H and O–H groups in total. The van der Waals surface area contributed by atoms with Crippen molar-refractivity contribution >= 4 is 28.6 Å². The molecular weight excluding hydrogens is 401 g/mol. The van der Waals surface area contributed by atoms with Crippen molar-refractivity contribution in [3.05, 3.63) is 68.3 Å². The highest BCUT2D eigenvalue weighted by Crippen LogP contribution is 2.34. The van der Waals surface area contributed by atoms with Gasteiger partial charge in [-0.3, -0.25) is 0 Å². The Kier molecular flexibility index (Phi) is 5.33. The van der Waals surface area contributed by atoms with E-state index in [1.807, 2.05) is 24.3 Å². The van der Waals surface area contributed by atoms with Crippen molar-refractivity contribution in [3.8, 4) is 0 Å². The van der Waals surface area contributed by atoms with E-state index < -0.39 is 5.97 Å². The molecule has 0 spiro atoms. The molecule has 0 bridgehead atoms. The van der Waals surface area contributed by atoms with Crippen LogP contribution in [0.3, 0.4) is 0 Å². The predicted octanol–water partition coefficient (Wildman–Crippen LogP) is 4.05. The van der Waals surface area contributed by atoms with Crippen molar-refractivity contribution in [2.45, 2.75) is 25.2 Å². The Balaban J connectivity index is 2.00. The van der Waals surface area contributed by atoms with Crippen LogP contribution in [0.15, 0.2) is 42.5 Å². The molecule has 0 aliphatic carbocycles. The Bertz CT molecular complexity index is 694. The molecule has 3 nitrogen and oxygen atoms in total. The van der Waals surface area contributed by atoms with Crippen LogP contribution < -0.4 is 5.32 Å². The summed E-state index contributed by atoms with van der Waals surface area (Å²) in [5.41, 5.74) is 3.98. The van der Waals surface area contributed by atoms with E-state index >= 15 is 0 Å². The molecule has 1 fully saturated rings. The third-order valence-corrected chi connectivity index (χ3v) is 5.75. The first-order chi connectivity index (χ1) is 11.2. The summed E-state index contributed by atoms with van der Waals surface area (Å²) in [4.78, 5) is 11.7. The average Bonchev–Trinajstić information content (AvgIpc) is 2.58. The SMILES string of the molecule is O=C(O)c1ccc(Cc2ccccc2)c(I)c1C1CCNCC1. The number of hydrogen-bond acceptors (Lipinski definition) is 2. The van der Waals surface area contributed by atoms with Gasteiger partial charge >= 0.3 is 5.97 Å². The molecule has 1 saturated heterocycles. The highest BCUT2D eigenvalue weighted by atomic mass is 127. The second-order valence-corrected chi connectivity index (χ2v) is 7.07. The molecular formula is C19H20INO2. The van der Waals surface area contributed by atoms with Crippen molar-refractivity contribution in [2.75, 3.05) is 13.1 Å². The van der Waals surface area contributed by atoms with Crippen molar-refractivity contribution in [1.82, 2.24) is 5.32 Å². The van der Waals surface area contributed by atoms with Crippen LogP contribution >= 0.6 is 22.6 Å². The fourth-order valence-electron chi connectivity index (χ4n) is 3.29. The zero-order valence-electron chi connectivity index (χ0n) is 12.9. The van der Waals surface area contributed by atoms with Crippen LogP contribution in [0.25, 0.3) is 0 Å². The zero-order chi connectivity index (χ0) is 16.2. The lowest BCUT2D eigenvalue weighted by atomic mass is 9.85. The summed E-state index contributed by atoms with van der Waals surface area (Å²) in [5, 5.41) is 12.9. The van der Waals surface area contributed by atoms with Gasteiger partial charge in [0, 0.05) is 3.57 Å². The van der Waals surface area contributed by atoms with E-state index in [2.05, 4.69) is 40.0 Å². The molecule has 0 amide bonds. The standard InChI is InChI=1S/C19H20INO2/c20-18-15(12-13-4-2-1-3-5-13)6-7-16(19(22)23)17(18)14-8-10-21-11-9-14/h1-7,14,21H,8-12H2,(H,22,23). The molecule has 120 valence electrons. The zero-order valence-corrected chi connectivity index (χ0v) is 15.0. The molecule has 0 atom stereocenters. The van der Waals surface area contributed by atoms with Gasteiger partial charge in [0.15, 0.2) is 0 Å². The number of carboxylic acid groups (broad SMARTS) is 1. The molecule has 4 heteroatoms. The van der Waals surface area contributed by atoms with Crippen LogP contribution in [0.5, 0.6) is 0 Å². The number of carbonyl (C=O) groups is 1. The quantitative estimate of drug-likeness (QED) is 0.733. The number of piperidine rings is 1. The van der Waals surface area contributed by atoms with Crippen LogP contribution in [0.4, 0.5) is 0 Å². The van der Waals surface area contributed by atoms with Crippen LogP contribution in [-0.2, 0) is 6.42 Å². The molecule has 0 unspecified atom stereocenters. The highest BCUT2D eigenvalue weighted by molar-refractivity contribution is 14.1. The number of hydrogen-bond donors (Lipinski definition) is 2. The molecule has 3 rings (SSSR count). The van der Waals surface area contributed by atoms with Gasteiger partial charge in [-0.25, -0.2) is 4.79 Å². The van der Waals surface area contributed by atoms with Gasteiger partial charge in [-0.05, 0) is 83.6 Å². The molecule has 0 aromatic heterocycles. The molecule has 0 radical (unpaired) electrons. The lowest BCUT2D eigenvalue weighted by Crippen LogP contribution is -2.28. The van der Waals surface area contributed by atoms with Gasteiger partial charge in [-0.2, -0.15) is 0 Å².